The summed E-state index contributed by atoms with van der Waals surface area (Å²) in [6.07, 6.45) is 2.64. The lowest BCUT2D eigenvalue weighted by molar-refractivity contribution is 0.0459. The minimum atomic E-state index is 0.145. The van der Waals surface area contributed by atoms with Crippen LogP contribution in [0.15, 0.2) is 17.5 Å². The third-order valence-electron chi connectivity index (χ3n) is 4.70. The maximum atomic E-state index is 6.10. The quantitative estimate of drug-likeness (QED) is 0.843. The van der Waals surface area contributed by atoms with Crippen LogP contribution in [-0.2, 0) is 6.54 Å². The highest BCUT2D eigenvalue weighted by molar-refractivity contribution is 7.09. The van der Waals surface area contributed by atoms with Crippen molar-refractivity contribution < 1.29 is 0 Å². The summed E-state index contributed by atoms with van der Waals surface area (Å²) in [5, 5.41) is 2.15. The number of likely N-dealkylation sites (N-methyl/N-ethyl adjacent to an activating group) is 1. The van der Waals surface area contributed by atoms with E-state index < -0.39 is 0 Å². The molecule has 3 heteroatoms. The monoisotopic (exact) mass is 252 g/mol. The maximum absolute atomic E-state index is 6.10. The molecule has 0 amide bonds. The fourth-order valence-corrected chi connectivity index (χ4v) is 3.43. The average molecular weight is 252 g/mol. The second kappa shape index (κ2) is 4.71. The van der Waals surface area contributed by atoms with Gasteiger partial charge in [0.1, 0.15) is 0 Å². The van der Waals surface area contributed by atoms with Crippen LogP contribution in [0.1, 0.15) is 38.5 Å². The molecule has 17 heavy (non-hydrogen) atoms. The Morgan fingerprint density at radius 1 is 1.53 bits per heavy atom. The van der Waals surface area contributed by atoms with Crippen LogP contribution in [0.25, 0.3) is 0 Å². The molecular formula is C14H24N2S. The molecule has 1 aliphatic rings. The molecule has 0 bridgehead atoms. The molecular weight excluding hydrogens is 228 g/mol. The Morgan fingerprint density at radius 3 is 2.65 bits per heavy atom. The summed E-state index contributed by atoms with van der Waals surface area (Å²) in [5.41, 5.74) is 6.67. The first kappa shape index (κ1) is 13.1. The Bertz CT molecular complexity index is 356. The van der Waals surface area contributed by atoms with Crippen molar-refractivity contribution >= 4 is 11.3 Å². The summed E-state index contributed by atoms with van der Waals surface area (Å²) in [5.74, 6) is 0. The molecule has 1 aromatic rings. The summed E-state index contributed by atoms with van der Waals surface area (Å²) in [4.78, 5) is 4.00. The molecule has 96 valence electrons. The second-order valence-corrected chi connectivity index (χ2v) is 6.66. The van der Waals surface area contributed by atoms with Gasteiger partial charge in [-0.25, -0.2) is 0 Å². The van der Waals surface area contributed by atoms with E-state index in [1.54, 1.807) is 0 Å². The zero-order valence-corrected chi connectivity index (χ0v) is 12.0. The van der Waals surface area contributed by atoms with E-state index in [9.17, 15) is 0 Å². The van der Waals surface area contributed by atoms with Crippen LogP contribution >= 0.6 is 11.3 Å². The summed E-state index contributed by atoms with van der Waals surface area (Å²) in [6, 6.07) is 4.35. The van der Waals surface area contributed by atoms with Crippen LogP contribution in [-0.4, -0.2) is 23.5 Å². The van der Waals surface area contributed by atoms with Gasteiger partial charge in [0.2, 0.25) is 0 Å². The van der Waals surface area contributed by atoms with Crippen molar-refractivity contribution in [2.75, 3.05) is 13.1 Å². The Hall–Kier alpha value is -0.380. The van der Waals surface area contributed by atoms with Crippen molar-refractivity contribution in [3.05, 3.63) is 22.4 Å². The third kappa shape index (κ3) is 2.28. The predicted molar refractivity (Wildman–Crippen MR) is 75.2 cm³/mol. The first-order valence-electron chi connectivity index (χ1n) is 6.53. The van der Waals surface area contributed by atoms with Gasteiger partial charge in [-0.15, -0.1) is 11.3 Å². The number of hydrogen-bond donors (Lipinski definition) is 1. The van der Waals surface area contributed by atoms with Gasteiger partial charge < -0.3 is 5.73 Å². The number of hydrogen-bond acceptors (Lipinski definition) is 3. The van der Waals surface area contributed by atoms with E-state index in [1.807, 2.05) is 11.3 Å². The number of nitrogens with zero attached hydrogens (tertiary/aromatic N) is 1. The van der Waals surface area contributed by atoms with Crippen LogP contribution in [0, 0.1) is 5.41 Å². The highest BCUT2D eigenvalue weighted by Crippen LogP contribution is 2.55. The molecule has 0 radical (unpaired) electrons. The van der Waals surface area contributed by atoms with E-state index in [0.29, 0.717) is 5.41 Å². The van der Waals surface area contributed by atoms with E-state index >= 15 is 0 Å². The first-order chi connectivity index (χ1) is 8.05. The fourth-order valence-electron chi connectivity index (χ4n) is 2.71. The van der Waals surface area contributed by atoms with Crippen LogP contribution < -0.4 is 5.73 Å². The molecule has 2 rings (SSSR count). The van der Waals surface area contributed by atoms with Gasteiger partial charge in [-0.05, 0) is 43.2 Å². The van der Waals surface area contributed by atoms with Crippen molar-refractivity contribution in [1.82, 2.24) is 4.90 Å². The molecule has 1 aromatic heterocycles. The van der Waals surface area contributed by atoms with Crippen molar-refractivity contribution in [3.8, 4) is 0 Å². The molecule has 0 aliphatic heterocycles. The maximum Gasteiger partial charge on any atom is 0.0360 e. The largest absolute Gasteiger partial charge is 0.329 e. The van der Waals surface area contributed by atoms with E-state index in [2.05, 4.69) is 43.2 Å². The standard InChI is InChI=1S/C14H24N2S/c1-4-16(10-12-6-5-9-17-12)14(3,11-15)13(2)7-8-13/h5-6,9H,4,7-8,10-11,15H2,1-3H3. The summed E-state index contributed by atoms with van der Waals surface area (Å²) in [7, 11) is 0. The lowest BCUT2D eigenvalue weighted by Crippen LogP contribution is -2.56. The predicted octanol–water partition coefficient (Wildman–Crippen LogP) is 3.09. The molecule has 1 saturated carbocycles. The summed E-state index contributed by atoms with van der Waals surface area (Å²) in [6.45, 7) is 9.84. The first-order valence-corrected chi connectivity index (χ1v) is 7.41. The number of thiophene rings is 1. The normalized spacial score (nSPS) is 21.5. The molecule has 0 saturated heterocycles. The van der Waals surface area contributed by atoms with Gasteiger partial charge in [-0.3, -0.25) is 4.90 Å². The molecule has 2 nitrogen and oxygen atoms in total. The summed E-state index contributed by atoms with van der Waals surface area (Å²) < 4.78 is 0. The third-order valence-corrected chi connectivity index (χ3v) is 5.57. The number of nitrogens with two attached hydrogens (primary N) is 1. The molecule has 0 aromatic carbocycles. The lowest BCUT2D eigenvalue weighted by Gasteiger charge is -2.45. The van der Waals surface area contributed by atoms with Crippen LogP contribution in [0.5, 0.6) is 0 Å². The van der Waals surface area contributed by atoms with Crippen molar-refractivity contribution in [1.29, 1.82) is 0 Å². The Balaban J connectivity index is 2.15. The SMILES string of the molecule is CCN(Cc1cccs1)C(C)(CN)C1(C)CC1. The van der Waals surface area contributed by atoms with E-state index in [1.165, 1.54) is 17.7 Å². The molecule has 1 heterocycles. The highest BCUT2D eigenvalue weighted by Gasteiger charge is 2.54. The van der Waals surface area contributed by atoms with Gasteiger partial charge in [0.25, 0.3) is 0 Å². The average Bonchev–Trinajstić information content (AvgIpc) is 2.90. The van der Waals surface area contributed by atoms with Gasteiger partial charge in [0.15, 0.2) is 0 Å². The zero-order valence-electron chi connectivity index (χ0n) is 11.2. The Morgan fingerprint density at radius 2 is 2.24 bits per heavy atom. The van der Waals surface area contributed by atoms with Crippen molar-refractivity contribution in [2.24, 2.45) is 11.1 Å². The Labute approximate surface area is 109 Å². The van der Waals surface area contributed by atoms with Gasteiger partial charge in [0, 0.05) is 23.5 Å². The summed E-state index contributed by atoms with van der Waals surface area (Å²) >= 11 is 1.84. The van der Waals surface area contributed by atoms with Crippen LogP contribution in [0.2, 0.25) is 0 Å². The molecule has 1 unspecified atom stereocenters. The van der Waals surface area contributed by atoms with Gasteiger partial charge >= 0.3 is 0 Å². The van der Waals surface area contributed by atoms with E-state index in [4.69, 9.17) is 5.73 Å². The van der Waals surface area contributed by atoms with Crippen molar-refractivity contribution in [2.45, 2.75) is 45.7 Å². The van der Waals surface area contributed by atoms with E-state index in [0.717, 1.165) is 19.6 Å². The molecule has 1 fully saturated rings. The minimum Gasteiger partial charge on any atom is -0.329 e. The topological polar surface area (TPSA) is 29.3 Å². The second-order valence-electron chi connectivity index (χ2n) is 5.63. The van der Waals surface area contributed by atoms with Gasteiger partial charge in [-0.2, -0.15) is 0 Å². The lowest BCUT2D eigenvalue weighted by atomic mass is 9.82. The zero-order chi connectivity index (χ0) is 12.5. The van der Waals surface area contributed by atoms with Crippen LogP contribution in [0.3, 0.4) is 0 Å². The van der Waals surface area contributed by atoms with Gasteiger partial charge in [0.05, 0.1) is 0 Å². The highest BCUT2D eigenvalue weighted by atomic mass is 32.1. The molecule has 2 N–H and O–H groups in total. The Kier molecular flexibility index (Phi) is 3.62. The van der Waals surface area contributed by atoms with Gasteiger partial charge in [-0.1, -0.05) is 19.9 Å². The van der Waals surface area contributed by atoms with Crippen molar-refractivity contribution in [3.63, 3.8) is 0 Å². The van der Waals surface area contributed by atoms with Crippen LogP contribution in [0.4, 0.5) is 0 Å². The minimum absolute atomic E-state index is 0.145. The van der Waals surface area contributed by atoms with E-state index in [-0.39, 0.29) is 5.54 Å². The molecule has 1 aliphatic carbocycles. The smallest absolute Gasteiger partial charge is 0.0360 e. The molecule has 0 spiro atoms. The molecule has 1 atom stereocenters. The number of rotatable bonds is 6. The fraction of sp³-hybridized carbons (Fsp3) is 0.714.